The van der Waals surface area contributed by atoms with E-state index in [9.17, 15) is 9.59 Å². The quantitative estimate of drug-likeness (QED) is 0.707. The molecule has 0 radical (unpaired) electrons. The molecule has 0 saturated heterocycles. The number of rotatable bonds is 5. The Morgan fingerprint density at radius 2 is 1.93 bits per heavy atom. The van der Waals surface area contributed by atoms with E-state index in [4.69, 9.17) is 4.74 Å². The summed E-state index contributed by atoms with van der Waals surface area (Å²) in [4.78, 5) is 29.0. The van der Waals surface area contributed by atoms with Gasteiger partial charge in [-0.15, -0.1) is 0 Å². The number of para-hydroxylation sites is 1. The van der Waals surface area contributed by atoms with E-state index in [1.807, 2.05) is 47.9 Å². The fourth-order valence-electron chi connectivity index (χ4n) is 3.06. The number of nitrogens with one attached hydrogen (secondary N) is 1. The molecule has 6 nitrogen and oxygen atoms in total. The molecule has 1 aliphatic rings. The first kappa shape index (κ1) is 17.3. The highest BCUT2D eigenvalue weighted by atomic mass is 16.5. The van der Waals surface area contributed by atoms with E-state index in [1.54, 1.807) is 19.1 Å². The van der Waals surface area contributed by atoms with E-state index < -0.39 is 12.1 Å². The van der Waals surface area contributed by atoms with Crippen molar-refractivity contribution in [1.82, 2.24) is 14.9 Å². The summed E-state index contributed by atoms with van der Waals surface area (Å²) in [5.41, 5.74) is 3.01. The lowest BCUT2D eigenvalue weighted by Crippen LogP contribution is -2.37. The highest BCUT2D eigenvalue weighted by Gasteiger charge is 2.27. The van der Waals surface area contributed by atoms with Crippen molar-refractivity contribution in [2.24, 2.45) is 0 Å². The van der Waals surface area contributed by atoms with Gasteiger partial charge in [0.15, 0.2) is 6.10 Å². The van der Waals surface area contributed by atoms with Crippen molar-refractivity contribution < 1.29 is 14.3 Å². The van der Waals surface area contributed by atoms with Crippen molar-refractivity contribution in [3.8, 4) is 5.69 Å². The van der Waals surface area contributed by atoms with E-state index in [1.165, 1.54) is 0 Å². The molecule has 1 saturated carbocycles. The second kappa shape index (κ2) is 6.87. The molecule has 27 heavy (non-hydrogen) atoms. The number of esters is 1. The van der Waals surface area contributed by atoms with E-state index in [-0.39, 0.29) is 11.9 Å². The van der Waals surface area contributed by atoms with Crippen molar-refractivity contribution in [3.63, 3.8) is 0 Å². The Morgan fingerprint density at radius 3 is 2.63 bits per heavy atom. The van der Waals surface area contributed by atoms with Crippen LogP contribution in [-0.2, 0) is 9.53 Å². The molecule has 4 rings (SSSR count). The Hall–Kier alpha value is -3.15. The van der Waals surface area contributed by atoms with Crippen LogP contribution in [0.15, 0.2) is 48.5 Å². The number of ether oxygens (including phenoxy) is 1. The number of benzene rings is 2. The molecule has 3 aromatic rings. The zero-order valence-corrected chi connectivity index (χ0v) is 15.3. The summed E-state index contributed by atoms with van der Waals surface area (Å²) in [5, 5.41) is 2.84. The average molecular weight is 363 g/mol. The van der Waals surface area contributed by atoms with Crippen LogP contribution in [-0.4, -0.2) is 33.6 Å². The number of aromatic nitrogens is 2. The lowest BCUT2D eigenvalue weighted by atomic mass is 10.2. The van der Waals surface area contributed by atoms with Crippen LogP contribution in [0, 0.1) is 6.92 Å². The number of aryl methyl sites for hydroxylation is 1. The number of hydrogen-bond donors (Lipinski definition) is 1. The van der Waals surface area contributed by atoms with Gasteiger partial charge in [-0.3, -0.25) is 9.36 Å². The minimum absolute atomic E-state index is 0.236. The molecule has 138 valence electrons. The molecule has 0 spiro atoms. The maximum atomic E-state index is 12.4. The van der Waals surface area contributed by atoms with Gasteiger partial charge in [-0.25, -0.2) is 9.78 Å². The molecule has 1 atom stereocenters. The number of carbonyl (C=O) groups excluding carboxylic acids is 2. The number of nitrogens with zero attached hydrogens (tertiary/aromatic N) is 2. The molecular weight excluding hydrogens is 342 g/mol. The summed E-state index contributed by atoms with van der Waals surface area (Å²) in [6.07, 6.45) is 1.16. The van der Waals surface area contributed by atoms with Gasteiger partial charge in [-0.1, -0.05) is 18.2 Å². The van der Waals surface area contributed by atoms with Gasteiger partial charge < -0.3 is 10.1 Å². The molecule has 0 unspecified atom stereocenters. The minimum atomic E-state index is -0.822. The predicted octanol–water partition coefficient (Wildman–Crippen LogP) is 3.16. The highest BCUT2D eigenvalue weighted by Crippen LogP contribution is 2.23. The van der Waals surface area contributed by atoms with Crippen LogP contribution in [0.25, 0.3) is 16.7 Å². The number of carbonyl (C=O) groups is 2. The third-order valence-corrected chi connectivity index (χ3v) is 4.65. The number of amides is 1. The maximum absolute atomic E-state index is 12.4. The summed E-state index contributed by atoms with van der Waals surface area (Å²) in [6.45, 7) is 3.51. The molecule has 0 bridgehead atoms. The molecule has 1 N–H and O–H groups in total. The maximum Gasteiger partial charge on any atom is 0.338 e. The van der Waals surface area contributed by atoms with Crippen LogP contribution >= 0.6 is 0 Å². The fraction of sp³-hybridized carbons (Fsp3) is 0.286. The standard InChI is InChI=1S/C21H21N3O3/c1-13(20(25)23-16-9-10-16)27-21(26)15-8-11-19-18(12-15)22-14(2)24(19)17-6-4-3-5-7-17/h3-8,11-13,16H,9-10H2,1-2H3,(H,23,25)/t13-/m0/s1. The van der Waals surface area contributed by atoms with Gasteiger partial charge in [0.2, 0.25) is 0 Å². The Bertz CT molecular complexity index is 1010. The van der Waals surface area contributed by atoms with Gasteiger partial charge in [-0.05, 0) is 57.0 Å². The van der Waals surface area contributed by atoms with Gasteiger partial charge in [0.05, 0.1) is 16.6 Å². The SMILES string of the molecule is Cc1nc2cc(C(=O)O[C@@H](C)C(=O)NC3CC3)ccc2n1-c1ccccc1. The average Bonchev–Trinajstić information content (AvgIpc) is 3.41. The Kier molecular flexibility index (Phi) is 4.39. The van der Waals surface area contributed by atoms with Crippen molar-refractivity contribution >= 4 is 22.9 Å². The van der Waals surface area contributed by atoms with Gasteiger partial charge in [0.1, 0.15) is 5.82 Å². The summed E-state index contributed by atoms with van der Waals surface area (Å²) in [5.74, 6) is 0.0530. The predicted molar refractivity (Wildman–Crippen MR) is 102 cm³/mol. The van der Waals surface area contributed by atoms with Crippen molar-refractivity contribution in [2.45, 2.75) is 38.8 Å². The zero-order chi connectivity index (χ0) is 19.0. The van der Waals surface area contributed by atoms with Crippen LogP contribution in [0.3, 0.4) is 0 Å². The third kappa shape index (κ3) is 3.56. The van der Waals surface area contributed by atoms with Gasteiger partial charge in [0.25, 0.3) is 5.91 Å². The number of fused-ring (bicyclic) bond motifs is 1. The molecule has 1 aromatic heterocycles. The van der Waals surface area contributed by atoms with E-state index in [0.717, 1.165) is 29.9 Å². The lowest BCUT2D eigenvalue weighted by molar-refractivity contribution is -0.129. The van der Waals surface area contributed by atoms with Gasteiger partial charge >= 0.3 is 5.97 Å². The molecule has 2 aromatic carbocycles. The largest absolute Gasteiger partial charge is 0.449 e. The first-order valence-corrected chi connectivity index (χ1v) is 9.09. The normalized spacial score (nSPS) is 14.7. The Balaban J connectivity index is 1.56. The van der Waals surface area contributed by atoms with Crippen molar-refractivity contribution in [1.29, 1.82) is 0 Å². The monoisotopic (exact) mass is 363 g/mol. The van der Waals surface area contributed by atoms with Gasteiger partial charge in [0, 0.05) is 11.7 Å². The molecule has 1 amide bonds. The topological polar surface area (TPSA) is 73.2 Å². The highest BCUT2D eigenvalue weighted by molar-refractivity contribution is 5.95. The second-order valence-corrected chi connectivity index (χ2v) is 6.86. The van der Waals surface area contributed by atoms with Crippen LogP contribution in [0.5, 0.6) is 0 Å². The molecule has 1 fully saturated rings. The zero-order valence-electron chi connectivity index (χ0n) is 15.3. The Morgan fingerprint density at radius 1 is 1.19 bits per heavy atom. The van der Waals surface area contributed by atoms with Crippen LogP contribution in [0.2, 0.25) is 0 Å². The van der Waals surface area contributed by atoms with Crippen LogP contribution < -0.4 is 5.32 Å². The van der Waals surface area contributed by atoms with Crippen molar-refractivity contribution in [2.75, 3.05) is 0 Å². The van der Waals surface area contributed by atoms with Crippen LogP contribution in [0.4, 0.5) is 0 Å². The fourth-order valence-corrected chi connectivity index (χ4v) is 3.06. The van der Waals surface area contributed by atoms with Crippen LogP contribution in [0.1, 0.15) is 35.9 Å². The smallest absolute Gasteiger partial charge is 0.338 e. The van der Waals surface area contributed by atoms with E-state index in [2.05, 4.69) is 10.3 Å². The molecule has 6 heteroatoms. The molecule has 1 aliphatic carbocycles. The molecular formula is C21H21N3O3. The number of imidazole rings is 1. The summed E-state index contributed by atoms with van der Waals surface area (Å²) >= 11 is 0. The third-order valence-electron chi connectivity index (χ3n) is 4.65. The lowest BCUT2D eigenvalue weighted by Gasteiger charge is -2.13. The summed E-state index contributed by atoms with van der Waals surface area (Å²) in [7, 11) is 0. The van der Waals surface area contributed by atoms with Gasteiger partial charge in [-0.2, -0.15) is 0 Å². The molecule has 1 heterocycles. The van der Waals surface area contributed by atoms with E-state index >= 15 is 0 Å². The van der Waals surface area contributed by atoms with E-state index in [0.29, 0.717) is 11.1 Å². The molecule has 0 aliphatic heterocycles. The minimum Gasteiger partial charge on any atom is -0.449 e. The first-order chi connectivity index (χ1) is 13.0. The van der Waals surface area contributed by atoms with Crippen molar-refractivity contribution in [3.05, 3.63) is 59.9 Å². The second-order valence-electron chi connectivity index (χ2n) is 6.86. The summed E-state index contributed by atoms with van der Waals surface area (Å²) < 4.78 is 7.35. The number of hydrogen-bond acceptors (Lipinski definition) is 4. The summed E-state index contributed by atoms with van der Waals surface area (Å²) in [6, 6.07) is 15.4. The Labute approximate surface area is 157 Å². The first-order valence-electron chi connectivity index (χ1n) is 9.09.